The number of benzene rings is 1. The number of unbranched alkanes of at least 4 members (excludes halogenated alkanes) is 1. The van der Waals surface area contributed by atoms with Crippen LogP contribution in [0.15, 0.2) is 24.3 Å². The number of ether oxygens (including phenoxy) is 1. The van der Waals surface area contributed by atoms with Crippen molar-refractivity contribution < 1.29 is 9.84 Å². The van der Waals surface area contributed by atoms with E-state index in [0.29, 0.717) is 0 Å². The first kappa shape index (κ1) is 13.0. The number of aryl methyl sites for hydroxylation is 1. The first-order chi connectivity index (χ1) is 7.53. The molecule has 0 aliphatic carbocycles. The fraction of sp³-hybridized carbons (Fsp3) is 0.571. The van der Waals surface area contributed by atoms with Crippen molar-refractivity contribution in [2.75, 3.05) is 7.11 Å². The van der Waals surface area contributed by atoms with Gasteiger partial charge in [-0.2, -0.15) is 0 Å². The molecule has 0 radical (unpaired) electrons. The number of hydrogen-bond acceptors (Lipinski definition) is 2. The quantitative estimate of drug-likeness (QED) is 0.749. The Morgan fingerprint density at radius 2 is 1.88 bits per heavy atom. The first-order valence-electron chi connectivity index (χ1n) is 5.87. The van der Waals surface area contributed by atoms with E-state index >= 15 is 0 Å². The predicted octanol–water partition coefficient (Wildman–Crippen LogP) is 3.18. The Bertz CT molecular complexity index is 313. The lowest BCUT2D eigenvalue weighted by Crippen LogP contribution is -2.17. The van der Waals surface area contributed by atoms with Crippen molar-refractivity contribution in [3.63, 3.8) is 0 Å². The molecular weight excluding hydrogens is 200 g/mol. The van der Waals surface area contributed by atoms with Crippen LogP contribution in [0.1, 0.15) is 38.7 Å². The molecular formula is C14H22O2. The molecule has 1 aromatic rings. The van der Waals surface area contributed by atoms with Crippen molar-refractivity contribution in [1.29, 1.82) is 0 Å². The maximum atomic E-state index is 9.59. The molecule has 2 nitrogen and oxygen atoms in total. The third-order valence-electron chi connectivity index (χ3n) is 2.68. The zero-order valence-corrected chi connectivity index (χ0v) is 10.5. The van der Waals surface area contributed by atoms with E-state index in [1.165, 1.54) is 5.56 Å². The summed E-state index contributed by atoms with van der Waals surface area (Å²) in [5, 5.41) is 9.59. The minimum atomic E-state index is -0.541. The number of methoxy groups -OCH3 is 1. The topological polar surface area (TPSA) is 29.5 Å². The highest BCUT2D eigenvalue weighted by Crippen LogP contribution is 2.21. The van der Waals surface area contributed by atoms with E-state index in [4.69, 9.17) is 4.74 Å². The average Bonchev–Trinajstić information content (AvgIpc) is 2.23. The third kappa shape index (κ3) is 4.67. The summed E-state index contributed by atoms with van der Waals surface area (Å²) in [5.74, 6) is 0.964. The molecule has 0 fully saturated rings. The number of rotatable bonds is 6. The van der Waals surface area contributed by atoms with E-state index in [9.17, 15) is 5.11 Å². The number of aliphatic hydroxyl groups is 1. The maximum absolute atomic E-state index is 9.59. The molecule has 1 N–H and O–H groups in total. The Hall–Kier alpha value is -1.02. The summed E-state index contributed by atoms with van der Waals surface area (Å²) in [4.78, 5) is 0. The molecule has 0 saturated heterocycles. The van der Waals surface area contributed by atoms with Crippen LogP contribution in [-0.4, -0.2) is 17.8 Å². The molecule has 0 heterocycles. The molecule has 2 heteroatoms. The fourth-order valence-corrected chi connectivity index (χ4v) is 1.78. The van der Waals surface area contributed by atoms with E-state index in [2.05, 4.69) is 6.07 Å². The van der Waals surface area contributed by atoms with Gasteiger partial charge in [0.15, 0.2) is 0 Å². The van der Waals surface area contributed by atoms with Crippen LogP contribution in [0.5, 0.6) is 5.75 Å². The van der Waals surface area contributed by atoms with Gasteiger partial charge in [0.2, 0.25) is 0 Å². The second-order valence-electron chi connectivity index (χ2n) is 4.83. The van der Waals surface area contributed by atoms with Gasteiger partial charge in [-0.15, -0.1) is 0 Å². The van der Waals surface area contributed by atoms with E-state index in [1.807, 2.05) is 32.0 Å². The van der Waals surface area contributed by atoms with Crippen molar-refractivity contribution in [1.82, 2.24) is 0 Å². The molecule has 0 spiro atoms. The van der Waals surface area contributed by atoms with Crippen molar-refractivity contribution in [3.8, 4) is 5.75 Å². The molecule has 0 unspecified atom stereocenters. The Morgan fingerprint density at radius 1 is 1.19 bits per heavy atom. The Kier molecular flexibility index (Phi) is 4.81. The van der Waals surface area contributed by atoms with Crippen molar-refractivity contribution in [2.24, 2.45) is 0 Å². The second kappa shape index (κ2) is 5.90. The molecule has 0 bridgehead atoms. The van der Waals surface area contributed by atoms with Gasteiger partial charge in [0.05, 0.1) is 12.7 Å². The molecule has 0 saturated carbocycles. The number of para-hydroxylation sites is 1. The van der Waals surface area contributed by atoms with Crippen LogP contribution in [0.3, 0.4) is 0 Å². The summed E-state index contributed by atoms with van der Waals surface area (Å²) in [6.45, 7) is 3.71. The lowest BCUT2D eigenvalue weighted by Gasteiger charge is -2.16. The lowest BCUT2D eigenvalue weighted by molar-refractivity contribution is 0.0682. The summed E-state index contributed by atoms with van der Waals surface area (Å²) >= 11 is 0. The molecule has 1 aromatic carbocycles. The van der Waals surface area contributed by atoms with Crippen molar-refractivity contribution >= 4 is 0 Å². The minimum Gasteiger partial charge on any atom is -0.496 e. The van der Waals surface area contributed by atoms with Crippen molar-refractivity contribution in [2.45, 2.75) is 45.1 Å². The molecule has 1 rings (SSSR count). The molecule has 0 amide bonds. The highest BCUT2D eigenvalue weighted by Gasteiger charge is 2.11. The van der Waals surface area contributed by atoms with Crippen LogP contribution in [0.25, 0.3) is 0 Å². The van der Waals surface area contributed by atoms with E-state index in [-0.39, 0.29) is 0 Å². The lowest BCUT2D eigenvalue weighted by atomic mass is 9.99. The van der Waals surface area contributed by atoms with Crippen LogP contribution < -0.4 is 4.74 Å². The Morgan fingerprint density at radius 3 is 2.50 bits per heavy atom. The second-order valence-corrected chi connectivity index (χ2v) is 4.83. The van der Waals surface area contributed by atoms with E-state index < -0.39 is 5.60 Å². The molecule has 16 heavy (non-hydrogen) atoms. The van der Waals surface area contributed by atoms with Gasteiger partial charge in [-0.1, -0.05) is 24.6 Å². The molecule has 0 aliphatic rings. The van der Waals surface area contributed by atoms with Crippen LogP contribution in [0, 0.1) is 0 Å². The van der Waals surface area contributed by atoms with Gasteiger partial charge < -0.3 is 9.84 Å². The molecule has 0 atom stereocenters. The SMILES string of the molecule is COc1ccccc1CCCCC(C)(C)O. The van der Waals surface area contributed by atoms with Gasteiger partial charge in [-0.25, -0.2) is 0 Å². The maximum Gasteiger partial charge on any atom is 0.122 e. The van der Waals surface area contributed by atoms with Gasteiger partial charge in [0.1, 0.15) is 5.75 Å². The van der Waals surface area contributed by atoms with Gasteiger partial charge in [0, 0.05) is 0 Å². The van der Waals surface area contributed by atoms with Gasteiger partial charge in [-0.3, -0.25) is 0 Å². The normalized spacial score (nSPS) is 11.5. The van der Waals surface area contributed by atoms with E-state index in [0.717, 1.165) is 31.4 Å². The van der Waals surface area contributed by atoms with Gasteiger partial charge >= 0.3 is 0 Å². The summed E-state index contributed by atoms with van der Waals surface area (Å²) in [6.07, 6.45) is 3.99. The van der Waals surface area contributed by atoms with Gasteiger partial charge in [0.25, 0.3) is 0 Å². The summed E-state index contributed by atoms with van der Waals surface area (Å²) in [6, 6.07) is 8.11. The zero-order chi connectivity index (χ0) is 12.0. The average molecular weight is 222 g/mol. The zero-order valence-electron chi connectivity index (χ0n) is 10.5. The molecule has 90 valence electrons. The smallest absolute Gasteiger partial charge is 0.122 e. The molecule has 0 aliphatic heterocycles. The Balaban J connectivity index is 2.37. The first-order valence-corrected chi connectivity index (χ1v) is 5.87. The summed E-state index contributed by atoms with van der Waals surface area (Å²) in [5.41, 5.74) is 0.710. The van der Waals surface area contributed by atoms with Crippen LogP contribution in [0.4, 0.5) is 0 Å². The molecule has 0 aromatic heterocycles. The van der Waals surface area contributed by atoms with Crippen LogP contribution in [-0.2, 0) is 6.42 Å². The highest BCUT2D eigenvalue weighted by molar-refractivity contribution is 5.33. The van der Waals surface area contributed by atoms with Crippen LogP contribution in [0.2, 0.25) is 0 Å². The Labute approximate surface area is 98.3 Å². The minimum absolute atomic E-state index is 0.541. The van der Waals surface area contributed by atoms with Gasteiger partial charge in [-0.05, 0) is 44.7 Å². The largest absolute Gasteiger partial charge is 0.496 e. The predicted molar refractivity (Wildman–Crippen MR) is 66.8 cm³/mol. The van der Waals surface area contributed by atoms with Crippen molar-refractivity contribution in [3.05, 3.63) is 29.8 Å². The standard InChI is InChI=1S/C14H22O2/c1-14(2,15)11-7-6-9-12-8-4-5-10-13(12)16-3/h4-5,8,10,15H,6-7,9,11H2,1-3H3. The summed E-state index contributed by atoms with van der Waals surface area (Å²) in [7, 11) is 1.70. The summed E-state index contributed by atoms with van der Waals surface area (Å²) < 4.78 is 5.29. The third-order valence-corrected chi connectivity index (χ3v) is 2.68. The van der Waals surface area contributed by atoms with Crippen LogP contribution >= 0.6 is 0 Å². The monoisotopic (exact) mass is 222 g/mol. The fourth-order valence-electron chi connectivity index (χ4n) is 1.78. The number of hydrogen-bond donors (Lipinski definition) is 1. The van der Waals surface area contributed by atoms with E-state index in [1.54, 1.807) is 7.11 Å². The highest BCUT2D eigenvalue weighted by atomic mass is 16.5.